The SMILES string of the molecule is CC(C)n1nccc1-c1ccc(C[C@@H]2CCN(S(C)(=O)=O)C2)cn1. The maximum Gasteiger partial charge on any atom is 0.211 e. The normalized spacial score (nSPS) is 19.2. The van der Waals surface area contributed by atoms with Crippen molar-refractivity contribution in [1.29, 1.82) is 0 Å². The van der Waals surface area contributed by atoms with Gasteiger partial charge in [0.05, 0.1) is 17.6 Å². The first kappa shape index (κ1) is 17.1. The number of aromatic nitrogens is 3. The molecule has 0 unspecified atom stereocenters. The molecule has 0 amide bonds. The summed E-state index contributed by atoms with van der Waals surface area (Å²) >= 11 is 0. The molecule has 130 valence electrons. The Morgan fingerprint density at radius 2 is 2.08 bits per heavy atom. The highest BCUT2D eigenvalue weighted by molar-refractivity contribution is 7.88. The minimum atomic E-state index is -3.07. The summed E-state index contributed by atoms with van der Waals surface area (Å²) in [5, 5.41) is 4.34. The number of hydrogen-bond donors (Lipinski definition) is 0. The van der Waals surface area contributed by atoms with E-state index in [2.05, 4.69) is 30.0 Å². The van der Waals surface area contributed by atoms with Crippen LogP contribution in [-0.2, 0) is 16.4 Å². The Balaban J connectivity index is 1.69. The lowest BCUT2D eigenvalue weighted by molar-refractivity contribution is 0.460. The van der Waals surface area contributed by atoms with Crippen LogP contribution in [0.4, 0.5) is 0 Å². The number of hydrogen-bond acceptors (Lipinski definition) is 4. The lowest BCUT2D eigenvalue weighted by Crippen LogP contribution is -2.27. The number of rotatable bonds is 5. The summed E-state index contributed by atoms with van der Waals surface area (Å²) in [5.41, 5.74) is 3.07. The Hall–Kier alpha value is -1.73. The molecule has 24 heavy (non-hydrogen) atoms. The molecule has 0 bridgehead atoms. The molecule has 0 radical (unpaired) electrons. The van der Waals surface area contributed by atoms with E-state index < -0.39 is 10.0 Å². The van der Waals surface area contributed by atoms with E-state index in [9.17, 15) is 8.42 Å². The van der Waals surface area contributed by atoms with Crippen LogP contribution in [-0.4, -0.2) is 46.8 Å². The van der Waals surface area contributed by atoms with Gasteiger partial charge in [-0.3, -0.25) is 9.67 Å². The van der Waals surface area contributed by atoms with Crippen LogP contribution in [0.1, 0.15) is 31.9 Å². The fraction of sp³-hybridized carbons (Fsp3) is 0.529. The van der Waals surface area contributed by atoms with Crippen molar-refractivity contribution in [3.63, 3.8) is 0 Å². The van der Waals surface area contributed by atoms with E-state index in [0.717, 1.165) is 29.8 Å². The van der Waals surface area contributed by atoms with Gasteiger partial charge >= 0.3 is 0 Å². The van der Waals surface area contributed by atoms with E-state index in [-0.39, 0.29) is 6.04 Å². The summed E-state index contributed by atoms with van der Waals surface area (Å²) in [6.45, 7) is 5.43. The molecular weight excluding hydrogens is 324 g/mol. The molecule has 0 saturated carbocycles. The van der Waals surface area contributed by atoms with Gasteiger partial charge in [-0.2, -0.15) is 5.10 Å². The molecule has 1 saturated heterocycles. The third kappa shape index (κ3) is 3.67. The Kier molecular flexibility index (Phi) is 4.73. The zero-order chi connectivity index (χ0) is 17.3. The largest absolute Gasteiger partial charge is 0.261 e. The van der Waals surface area contributed by atoms with Crippen molar-refractivity contribution in [2.45, 2.75) is 32.7 Å². The van der Waals surface area contributed by atoms with Gasteiger partial charge in [0.1, 0.15) is 0 Å². The van der Waals surface area contributed by atoms with Crippen LogP contribution in [0, 0.1) is 5.92 Å². The van der Waals surface area contributed by atoms with Gasteiger partial charge in [0.2, 0.25) is 10.0 Å². The molecule has 1 aliphatic rings. The van der Waals surface area contributed by atoms with Crippen LogP contribution in [0.15, 0.2) is 30.6 Å². The molecule has 0 spiro atoms. The molecule has 3 rings (SSSR count). The van der Waals surface area contributed by atoms with Crippen molar-refractivity contribution in [3.05, 3.63) is 36.2 Å². The van der Waals surface area contributed by atoms with Crippen LogP contribution in [0.3, 0.4) is 0 Å². The lowest BCUT2D eigenvalue weighted by Gasteiger charge is -2.14. The van der Waals surface area contributed by atoms with E-state index in [4.69, 9.17) is 0 Å². The van der Waals surface area contributed by atoms with Crippen LogP contribution in [0.25, 0.3) is 11.4 Å². The molecule has 3 heterocycles. The van der Waals surface area contributed by atoms with Crippen molar-refractivity contribution >= 4 is 10.0 Å². The summed E-state index contributed by atoms with van der Waals surface area (Å²) in [4.78, 5) is 4.58. The molecule has 2 aromatic rings. The summed E-state index contributed by atoms with van der Waals surface area (Å²) in [5.74, 6) is 0.369. The fourth-order valence-electron chi connectivity index (χ4n) is 3.22. The molecule has 0 aliphatic carbocycles. The van der Waals surface area contributed by atoms with Crippen LogP contribution in [0.5, 0.6) is 0 Å². The van der Waals surface area contributed by atoms with E-state index in [1.54, 1.807) is 10.5 Å². The van der Waals surface area contributed by atoms with Gasteiger partial charge in [0.25, 0.3) is 0 Å². The minimum Gasteiger partial charge on any atom is -0.261 e. The second-order valence-electron chi connectivity index (χ2n) is 6.79. The summed E-state index contributed by atoms with van der Waals surface area (Å²) in [6, 6.07) is 6.37. The highest BCUT2D eigenvalue weighted by Crippen LogP contribution is 2.24. The maximum atomic E-state index is 11.6. The standard InChI is InChI=1S/C17H24N4O2S/c1-13(2)21-17(6-8-19-21)16-5-4-14(11-18-16)10-15-7-9-20(12-15)24(3,22)23/h4-6,8,11,13,15H,7,9-10,12H2,1-3H3/t15-/m0/s1. The molecule has 0 N–H and O–H groups in total. The van der Waals surface area contributed by atoms with E-state index in [1.807, 2.05) is 23.0 Å². The monoisotopic (exact) mass is 348 g/mol. The zero-order valence-electron chi connectivity index (χ0n) is 14.4. The molecule has 1 aliphatic heterocycles. The molecule has 6 nitrogen and oxygen atoms in total. The summed E-state index contributed by atoms with van der Waals surface area (Å²) in [7, 11) is -3.07. The third-order valence-electron chi connectivity index (χ3n) is 4.49. The van der Waals surface area contributed by atoms with Crippen molar-refractivity contribution in [1.82, 2.24) is 19.1 Å². The van der Waals surface area contributed by atoms with Crippen molar-refractivity contribution in [3.8, 4) is 11.4 Å². The maximum absolute atomic E-state index is 11.6. The van der Waals surface area contributed by atoms with Crippen molar-refractivity contribution in [2.24, 2.45) is 5.92 Å². The Morgan fingerprint density at radius 1 is 1.29 bits per heavy atom. The predicted molar refractivity (Wildman–Crippen MR) is 94.1 cm³/mol. The molecular formula is C17H24N4O2S. The van der Waals surface area contributed by atoms with Crippen molar-refractivity contribution < 1.29 is 8.42 Å². The van der Waals surface area contributed by atoms with Crippen LogP contribution < -0.4 is 0 Å². The molecule has 7 heteroatoms. The van der Waals surface area contributed by atoms with Gasteiger partial charge in [0.15, 0.2) is 0 Å². The highest BCUT2D eigenvalue weighted by Gasteiger charge is 2.28. The van der Waals surface area contributed by atoms with Gasteiger partial charge in [-0.1, -0.05) is 6.07 Å². The highest BCUT2D eigenvalue weighted by atomic mass is 32.2. The second kappa shape index (κ2) is 6.64. The van der Waals surface area contributed by atoms with E-state index in [0.29, 0.717) is 19.0 Å². The van der Waals surface area contributed by atoms with Gasteiger partial charge in [-0.15, -0.1) is 0 Å². The van der Waals surface area contributed by atoms with Crippen LogP contribution in [0.2, 0.25) is 0 Å². The van der Waals surface area contributed by atoms with Crippen LogP contribution >= 0.6 is 0 Å². The second-order valence-corrected chi connectivity index (χ2v) is 8.77. The minimum absolute atomic E-state index is 0.289. The van der Waals surface area contributed by atoms with Crippen molar-refractivity contribution in [2.75, 3.05) is 19.3 Å². The Morgan fingerprint density at radius 3 is 2.67 bits per heavy atom. The molecule has 1 fully saturated rings. The smallest absolute Gasteiger partial charge is 0.211 e. The lowest BCUT2D eigenvalue weighted by atomic mass is 10.00. The molecule has 1 atom stereocenters. The topological polar surface area (TPSA) is 68.1 Å². The average molecular weight is 348 g/mol. The first-order valence-electron chi connectivity index (χ1n) is 8.28. The zero-order valence-corrected chi connectivity index (χ0v) is 15.2. The first-order chi connectivity index (χ1) is 11.3. The number of sulfonamides is 1. The van der Waals surface area contributed by atoms with E-state index >= 15 is 0 Å². The predicted octanol–water partition coefficient (Wildman–Crippen LogP) is 2.35. The van der Waals surface area contributed by atoms with Gasteiger partial charge in [-0.25, -0.2) is 12.7 Å². The summed E-state index contributed by atoms with van der Waals surface area (Å²) < 4.78 is 26.7. The van der Waals surface area contributed by atoms with Gasteiger partial charge in [0, 0.05) is 31.5 Å². The Labute approximate surface area is 143 Å². The Bertz CT molecular complexity index is 796. The van der Waals surface area contributed by atoms with Gasteiger partial charge < -0.3 is 0 Å². The molecule has 0 aromatic carbocycles. The summed E-state index contributed by atoms with van der Waals surface area (Å²) in [6.07, 6.45) is 6.75. The number of nitrogens with zero attached hydrogens (tertiary/aromatic N) is 4. The number of pyridine rings is 1. The quantitative estimate of drug-likeness (QED) is 0.832. The fourth-order valence-corrected chi connectivity index (χ4v) is 4.14. The average Bonchev–Trinajstić information content (AvgIpc) is 3.16. The van der Waals surface area contributed by atoms with E-state index in [1.165, 1.54) is 6.26 Å². The molecule has 2 aromatic heterocycles. The third-order valence-corrected chi connectivity index (χ3v) is 5.76. The first-order valence-corrected chi connectivity index (χ1v) is 10.1. The van der Waals surface area contributed by atoms with Gasteiger partial charge in [-0.05, 0) is 50.3 Å².